The van der Waals surface area contributed by atoms with Gasteiger partial charge in [-0.05, 0) is 25.0 Å². The van der Waals surface area contributed by atoms with Crippen LogP contribution in [0.1, 0.15) is 13.3 Å². The number of rotatable bonds is 3. The summed E-state index contributed by atoms with van der Waals surface area (Å²) in [7, 11) is -3.33. The first-order valence-corrected chi connectivity index (χ1v) is 9.52. The van der Waals surface area contributed by atoms with Crippen LogP contribution in [0, 0.1) is 0 Å². The third kappa shape index (κ3) is 3.72. The molecule has 1 heterocycles. The second-order valence-electron chi connectivity index (χ2n) is 4.61. The van der Waals surface area contributed by atoms with Crippen molar-refractivity contribution >= 4 is 48.1 Å². The molecule has 1 aliphatic carbocycles. The molecule has 0 bridgehead atoms. The predicted molar refractivity (Wildman–Crippen MR) is 84.6 cm³/mol. The van der Waals surface area contributed by atoms with Crippen molar-refractivity contribution in [1.29, 1.82) is 0 Å². The zero-order valence-corrected chi connectivity index (χ0v) is 14.5. The van der Waals surface area contributed by atoms with E-state index in [4.69, 9.17) is 0 Å². The number of aliphatic hydroxyl groups is 1. The Bertz CT molecular complexity index is 749. The van der Waals surface area contributed by atoms with E-state index in [9.17, 15) is 18.3 Å². The van der Waals surface area contributed by atoms with Gasteiger partial charge in [-0.25, -0.2) is 13.4 Å². The summed E-state index contributed by atoms with van der Waals surface area (Å²) in [4.78, 5) is 15.8. The molecule has 0 radical (unpaired) electrons. The summed E-state index contributed by atoms with van der Waals surface area (Å²) in [6.07, 6.45) is 4.19. The molecular weight excluding hydrogens is 380 g/mol. The Labute approximate surface area is 134 Å². The van der Waals surface area contributed by atoms with Crippen LogP contribution < -0.4 is 5.32 Å². The van der Waals surface area contributed by atoms with E-state index in [1.54, 1.807) is 6.92 Å². The molecule has 114 valence electrons. The molecule has 0 fully saturated rings. The van der Waals surface area contributed by atoms with Crippen LogP contribution in [0.5, 0.6) is 0 Å². The molecule has 6 nitrogen and oxygen atoms in total. The molecule has 0 aliphatic heterocycles. The molecule has 1 aliphatic rings. The van der Waals surface area contributed by atoms with E-state index in [0.29, 0.717) is 17.6 Å². The van der Waals surface area contributed by atoms with Crippen molar-refractivity contribution in [2.24, 2.45) is 0 Å². The number of amides is 1. The quantitative estimate of drug-likeness (QED) is 0.769. The Hall–Kier alpha value is -1.19. The maximum absolute atomic E-state index is 12.2. The number of nitrogens with one attached hydrogen (secondary N) is 1. The van der Waals surface area contributed by atoms with Gasteiger partial charge in [-0.2, -0.15) is 0 Å². The van der Waals surface area contributed by atoms with Gasteiger partial charge in [0.05, 0.1) is 11.0 Å². The monoisotopic (exact) mass is 392 g/mol. The third-order valence-corrected chi connectivity index (χ3v) is 6.38. The van der Waals surface area contributed by atoms with Gasteiger partial charge in [-0.1, -0.05) is 27.3 Å². The number of halogens is 1. The van der Waals surface area contributed by atoms with Crippen LogP contribution in [0.25, 0.3) is 0 Å². The van der Waals surface area contributed by atoms with E-state index < -0.39 is 9.84 Å². The second-order valence-corrected chi connectivity index (χ2v) is 8.99. The maximum atomic E-state index is 12.2. The van der Waals surface area contributed by atoms with E-state index in [1.165, 1.54) is 12.3 Å². The van der Waals surface area contributed by atoms with E-state index >= 15 is 0 Å². The van der Waals surface area contributed by atoms with E-state index in [1.807, 2.05) is 0 Å². The standard InChI is InChI=1S/C12H13BrN2O4S2/c1-6-3-9(16)8(13)4-7(6)11(17)15-12-14-5-10(20-12)21(2,18)19/h3,5,8,16H,4H2,1-2H3,(H,14,15,17). The molecular formula is C12H13BrN2O4S2. The fourth-order valence-corrected chi connectivity index (χ4v) is 3.86. The number of hydrogen-bond donors (Lipinski definition) is 2. The van der Waals surface area contributed by atoms with Gasteiger partial charge in [-0.3, -0.25) is 10.1 Å². The van der Waals surface area contributed by atoms with Crippen molar-refractivity contribution < 1.29 is 18.3 Å². The highest BCUT2D eigenvalue weighted by molar-refractivity contribution is 9.09. The largest absolute Gasteiger partial charge is 0.511 e. The van der Waals surface area contributed by atoms with Gasteiger partial charge in [0.1, 0.15) is 9.97 Å². The van der Waals surface area contributed by atoms with Crippen molar-refractivity contribution in [3.63, 3.8) is 0 Å². The van der Waals surface area contributed by atoms with Crippen LogP contribution in [0.3, 0.4) is 0 Å². The minimum atomic E-state index is -3.33. The number of allylic oxidation sites excluding steroid dienone is 3. The van der Waals surface area contributed by atoms with Crippen LogP contribution in [-0.4, -0.2) is 35.5 Å². The maximum Gasteiger partial charge on any atom is 0.253 e. The molecule has 2 rings (SSSR count). The number of aliphatic hydroxyl groups excluding tert-OH is 1. The molecule has 1 aromatic heterocycles. The summed E-state index contributed by atoms with van der Waals surface area (Å²) in [5.41, 5.74) is 1.19. The highest BCUT2D eigenvalue weighted by Crippen LogP contribution is 2.29. The number of carbonyl (C=O) groups is 1. The van der Waals surface area contributed by atoms with Crippen molar-refractivity contribution in [2.75, 3.05) is 11.6 Å². The number of hydrogen-bond acceptors (Lipinski definition) is 6. The number of nitrogens with zero attached hydrogens (tertiary/aromatic N) is 1. The molecule has 21 heavy (non-hydrogen) atoms. The lowest BCUT2D eigenvalue weighted by Crippen LogP contribution is -2.21. The zero-order chi connectivity index (χ0) is 15.8. The second kappa shape index (κ2) is 5.90. The van der Waals surface area contributed by atoms with Crippen molar-refractivity contribution in [1.82, 2.24) is 4.98 Å². The van der Waals surface area contributed by atoms with Crippen LogP contribution >= 0.6 is 27.3 Å². The minimum Gasteiger partial charge on any atom is -0.511 e. The number of aromatic nitrogens is 1. The Morgan fingerprint density at radius 2 is 2.24 bits per heavy atom. The Balaban J connectivity index is 2.19. The van der Waals surface area contributed by atoms with Gasteiger partial charge >= 0.3 is 0 Å². The first kappa shape index (κ1) is 16.2. The van der Waals surface area contributed by atoms with Crippen LogP contribution in [0.15, 0.2) is 33.4 Å². The summed E-state index contributed by atoms with van der Waals surface area (Å²) in [5, 5.41) is 12.4. The molecule has 1 unspecified atom stereocenters. The highest BCUT2D eigenvalue weighted by atomic mass is 79.9. The van der Waals surface area contributed by atoms with Crippen LogP contribution in [0.2, 0.25) is 0 Å². The lowest BCUT2D eigenvalue weighted by molar-refractivity contribution is -0.113. The Kier molecular flexibility index (Phi) is 4.54. The van der Waals surface area contributed by atoms with Crippen LogP contribution in [0.4, 0.5) is 5.13 Å². The SMILES string of the molecule is CC1=C(C(=O)Nc2ncc(S(C)(=O)=O)s2)CC(Br)C(O)=C1. The van der Waals surface area contributed by atoms with Gasteiger partial charge in [0.15, 0.2) is 15.0 Å². The minimum absolute atomic E-state index is 0.100. The number of thiazole rings is 1. The molecule has 1 atom stereocenters. The highest BCUT2D eigenvalue weighted by Gasteiger charge is 2.24. The van der Waals surface area contributed by atoms with E-state index in [2.05, 4.69) is 26.2 Å². The summed E-state index contributed by atoms with van der Waals surface area (Å²) in [6.45, 7) is 1.73. The molecule has 0 spiro atoms. The van der Waals surface area contributed by atoms with Gasteiger partial charge in [-0.15, -0.1) is 0 Å². The third-order valence-electron chi connectivity index (χ3n) is 2.89. The fraction of sp³-hybridized carbons (Fsp3) is 0.333. The normalized spacial score (nSPS) is 19.4. The molecule has 0 saturated carbocycles. The lowest BCUT2D eigenvalue weighted by atomic mass is 9.97. The van der Waals surface area contributed by atoms with Gasteiger partial charge < -0.3 is 5.11 Å². The molecule has 9 heteroatoms. The molecule has 1 amide bonds. The first-order chi connectivity index (χ1) is 9.68. The van der Waals surface area contributed by atoms with Crippen molar-refractivity contribution in [2.45, 2.75) is 22.4 Å². The first-order valence-electron chi connectivity index (χ1n) is 5.90. The molecule has 0 aromatic carbocycles. The average Bonchev–Trinajstić information content (AvgIpc) is 2.82. The Morgan fingerprint density at radius 3 is 2.81 bits per heavy atom. The van der Waals surface area contributed by atoms with Crippen LogP contribution in [-0.2, 0) is 14.6 Å². The van der Waals surface area contributed by atoms with Gasteiger partial charge in [0, 0.05) is 11.8 Å². The fourth-order valence-electron chi connectivity index (χ4n) is 1.78. The van der Waals surface area contributed by atoms with Crippen molar-refractivity contribution in [3.05, 3.63) is 29.2 Å². The van der Waals surface area contributed by atoms with Crippen molar-refractivity contribution in [3.8, 4) is 0 Å². The topological polar surface area (TPSA) is 96.4 Å². The van der Waals surface area contributed by atoms with E-state index in [-0.39, 0.29) is 25.8 Å². The summed E-state index contributed by atoms with van der Waals surface area (Å²) in [6, 6.07) is 0. The molecule has 2 N–H and O–H groups in total. The molecule has 1 aromatic rings. The smallest absolute Gasteiger partial charge is 0.253 e. The number of anilines is 1. The Morgan fingerprint density at radius 1 is 1.57 bits per heavy atom. The van der Waals surface area contributed by atoms with E-state index in [0.717, 1.165) is 17.6 Å². The average molecular weight is 393 g/mol. The number of alkyl halides is 1. The zero-order valence-electron chi connectivity index (χ0n) is 11.3. The number of sulfone groups is 1. The van der Waals surface area contributed by atoms with Gasteiger partial charge in [0.2, 0.25) is 0 Å². The number of carbonyl (C=O) groups excluding carboxylic acids is 1. The molecule has 0 saturated heterocycles. The van der Waals surface area contributed by atoms with Gasteiger partial charge in [0.25, 0.3) is 5.91 Å². The summed E-state index contributed by atoms with van der Waals surface area (Å²) < 4.78 is 22.8. The summed E-state index contributed by atoms with van der Waals surface area (Å²) in [5.74, 6) is -0.173. The summed E-state index contributed by atoms with van der Waals surface area (Å²) >= 11 is 4.19. The predicted octanol–water partition coefficient (Wildman–Crippen LogP) is 2.41. The lowest BCUT2D eigenvalue weighted by Gasteiger charge is -2.18.